The Morgan fingerprint density at radius 2 is 2.07 bits per heavy atom. The number of amidine groups is 1. The summed E-state index contributed by atoms with van der Waals surface area (Å²) in [5.41, 5.74) is 5.02. The molecule has 1 saturated heterocycles. The highest BCUT2D eigenvalue weighted by Gasteiger charge is 2.49. The van der Waals surface area contributed by atoms with Crippen molar-refractivity contribution in [3.63, 3.8) is 0 Å². The normalized spacial score (nSPS) is 25.5. The Labute approximate surface area is 174 Å². The third kappa shape index (κ3) is 3.81. The van der Waals surface area contributed by atoms with Crippen molar-refractivity contribution in [3.05, 3.63) is 23.8 Å². The number of nitrogens with one attached hydrogen (secondary N) is 3. The van der Waals surface area contributed by atoms with Crippen molar-refractivity contribution in [1.82, 2.24) is 10.6 Å². The van der Waals surface area contributed by atoms with Gasteiger partial charge in [0.05, 0.1) is 11.3 Å². The van der Waals surface area contributed by atoms with Crippen LogP contribution in [-0.2, 0) is 19.8 Å². The fourth-order valence-electron chi connectivity index (χ4n) is 4.23. The summed E-state index contributed by atoms with van der Waals surface area (Å²) in [7, 11) is -3.92. The van der Waals surface area contributed by atoms with Crippen LogP contribution in [0.25, 0.3) is 0 Å². The minimum Gasteiger partial charge on any atom is -0.491 e. The standard InChI is InChI=1S/C19H25N5O5S/c20-16-15-13(23-30(27,28)24-16)7-3-8-14(15)29-11-19(9-4-10-21-17(19)25)18(26)22-12-5-1-2-6-12/h3,7-8,12,23H,1-2,4-6,9-11H2,(H2,20,24)(H,21,25)(H,22,26). The van der Waals surface area contributed by atoms with Gasteiger partial charge >= 0.3 is 10.2 Å². The molecule has 10 nitrogen and oxygen atoms in total. The molecule has 0 aromatic heterocycles. The molecule has 1 saturated carbocycles. The first-order chi connectivity index (χ1) is 14.3. The summed E-state index contributed by atoms with van der Waals surface area (Å²) in [4.78, 5) is 26.0. The van der Waals surface area contributed by atoms with E-state index in [-0.39, 0.29) is 47.3 Å². The molecule has 3 aliphatic rings. The zero-order valence-corrected chi connectivity index (χ0v) is 17.3. The van der Waals surface area contributed by atoms with Gasteiger partial charge in [-0.25, -0.2) is 0 Å². The molecular formula is C19H25N5O5S. The minimum absolute atomic E-state index is 0.0748. The first-order valence-electron chi connectivity index (χ1n) is 10.0. The van der Waals surface area contributed by atoms with E-state index in [0.717, 1.165) is 25.7 Å². The van der Waals surface area contributed by atoms with E-state index < -0.39 is 15.6 Å². The maximum absolute atomic E-state index is 13.2. The van der Waals surface area contributed by atoms with Crippen LogP contribution in [0.3, 0.4) is 0 Å². The van der Waals surface area contributed by atoms with Crippen molar-refractivity contribution in [2.24, 2.45) is 15.5 Å². The SMILES string of the molecule is NC1=NS(=O)(=O)Nc2cccc(OCC3(C(=O)NC4CCCC4)CCCNC3=O)c21. The molecule has 4 rings (SSSR count). The Bertz CT molecular complexity index is 1000. The zero-order chi connectivity index (χ0) is 21.4. The van der Waals surface area contributed by atoms with Gasteiger partial charge in [0.15, 0.2) is 11.3 Å². The fourth-order valence-corrected chi connectivity index (χ4v) is 5.07. The summed E-state index contributed by atoms with van der Waals surface area (Å²) in [6, 6.07) is 4.81. The largest absolute Gasteiger partial charge is 0.491 e. The average Bonchev–Trinajstić information content (AvgIpc) is 3.19. The molecule has 30 heavy (non-hydrogen) atoms. The second-order valence-corrected chi connectivity index (χ2v) is 9.25. The van der Waals surface area contributed by atoms with E-state index in [0.29, 0.717) is 19.4 Å². The number of hydrogen-bond donors (Lipinski definition) is 4. The number of amides is 2. The number of piperidine rings is 1. The van der Waals surface area contributed by atoms with E-state index in [2.05, 4.69) is 19.8 Å². The van der Waals surface area contributed by atoms with Crippen molar-refractivity contribution in [3.8, 4) is 5.75 Å². The predicted molar refractivity (Wildman–Crippen MR) is 110 cm³/mol. The zero-order valence-electron chi connectivity index (χ0n) is 16.4. The Morgan fingerprint density at radius 1 is 1.30 bits per heavy atom. The molecule has 2 aliphatic heterocycles. The Balaban J connectivity index is 1.60. The van der Waals surface area contributed by atoms with Gasteiger partial charge in [0, 0.05) is 12.6 Å². The van der Waals surface area contributed by atoms with Crippen molar-refractivity contribution < 1.29 is 22.7 Å². The topological polar surface area (TPSA) is 152 Å². The molecule has 1 aromatic carbocycles. The van der Waals surface area contributed by atoms with E-state index in [9.17, 15) is 18.0 Å². The summed E-state index contributed by atoms with van der Waals surface area (Å²) in [5, 5.41) is 5.80. The predicted octanol–water partition coefficient (Wildman–Crippen LogP) is 0.396. The number of nitrogens with two attached hydrogens (primary N) is 1. The van der Waals surface area contributed by atoms with Gasteiger partial charge in [-0.05, 0) is 37.8 Å². The van der Waals surface area contributed by atoms with Gasteiger partial charge in [-0.15, -0.1) is 4.40 Å². The molecule has 11 heteroatoms. The fraction of sp³-hybridized carbons (Fsp3) is 0.526. The van der Waals surface area contributed by atoms with Gasteiger partial charge in [0.25, 0.3) is 0 Å². The lowest BCUT2D eigenvalue weighted by Crippen LogP contribution is -2.58. The number of anilines is 1. The summed E-state index contributed by atoms with van der Waals surface area (Å²) in [5.74, 6) is -0.658. The second-order valence-electron chi connectivity index (χ2n) is 7.92. The lowest BCUT2D eigenvalue weighted by atomic mass is 9.79. The third-order valence-electron chi connectivity index (χ3n) is 5.84. The smallest absolute Gasteiger partial charge is 0.344 e. The highest BCUT2D eigenvalue weighted by molar-refractivity contribution is 7.91. The van der Waals surface area contributed by atoms with E-state index in [4.69, 9.17) is 10.5 Å². The summed E-state index contributed by atoms with van der Waals surface area (Å²) in [6.45, 7) is 0.327. The van der Waals surface area contributed by atoms with Crippen LogP contribution in [0.5, 0.6) is 5.75 Å². The van der Waals surface area contributed by atoms with Crippen LogP contribution < -0.4 is 25.8 Å². The van der Waals surface area contributed by atoms with Crippen LogP contribution in [0.1, 0.15) is 44.1 Å². The molecule has 162 valence electrons. The van der Waals surface area contributed by atoms with Crippen molar-refractivity contribution in [2.75, 3.05) is 17.9 Å². The second kappa shape index (κ2) is 7.78. The van der Waals surface area contributed by atoms with Crippen LogP contribution in [0.15, 0.2) is 22.6 Å². The monoisotopic (exact) mass is 435 g/mol. The Morgan fingerprint density at radius 3 is 2.80 bits per heavy atom. The van der Waals surface area contributed by atoms with Gasteiger partial charge in [-0.2, -0.15) is 8.42 Å². The van der Waals surface area contributed by atoms with Crippen molar-refractivity contribution in [2.45, 2.75) is 44.6 Å². The molecule has 0 bridgehead atoms. The Kier molecular flexibility index (Phi) is 5.31. The first kappa shape index (κ1) is 20.5. The van der Waals surface area contributed by atoms with E-state index in [1.54, 1.807) is 12.1 Å². The maximum atomic E-state index is 13.2. The lowest BCUT2D eigenvalue weighted by molar-refractivity contribution is -0.148. The molecule has 1 unspecified atom stereocenters. The molecular weight excluding hydrogens is 410 g/mol. The van der Waals surface area contributed by atoms with E-state index >= 15 is 0 Å². The van der Waals surface area contributed by atoms with Gasteiger partial charge < -0.3 is 21.1 Å². The molecule has 0 spiro atoms. The van der Waals surface area contributed by atoms with Gasteiger partial charge in [-0.3, -0.25) is 14.3 Å². The van der Waals surface area contributed by atoms with Crippen LogP contribution in [0, 0.1) is 5.41 Å². The minimum atomic E-state index is -3.92. The highest BCUT2D eigenvalue weighted by Crippen LogP contribution is 2.34. The highest BCUT2D eigenvalue weighted by atomic mass is 32.2. The molecule has 2 fully saturated rings. The number of nitrogens with zero attached hydrogens (tertiary/aromatic N) is 1. The number of carbonyl (C=O) groups excluding carboxylic acids is 2. The molecule has 1 atom stereocenters. The van der Waals surface area contributed by atoms with E-state index in [1.807, 2.05) is 0 Å². The van der Waals surface area contributed by atoms with Crippen LogP contribution >= 0.6 is 0 Å². The number of ether oxygens (including phenoxy) is 1. The lowest BCUT2D eigenvalue weighted by Gasteiger charge is -2.35. The van der Waals surface area contributed by atoms with Gasteiger partial charge in [-0.1, -0.05) is 18.9 Å². The third-order valence-corrected chi connectivity index (χ3v) is 6.75. The number of fused-ring (bicyclic) bond motifs is 1. The summed E-state index contributed by atoms with van der Waals surface area (Å²) >= 11 is 0. The first-order valence-corrected chi connectivity index (χ1v) is 11.5. The molecule has 2 amide bonds. The molecule has 1 aliphatic carbocycles. The number of rotatable bonds is 5. The maximum Gasteiger partial charge on any atom is 0.344 e. The van der Waals surface area contributed by atoms with E-state index in [1.165, 1.54) is 6.07 Å². The van der Waals surface area contributed by atoms with Gasteiger partial charge in [0.1, 0.15) is 12.4 Å². The summed E-state index contributed by atoms with van der Waals surface area (Å²) in [6.07, 6.45) is 4.95. The van der Waals surface area contributed by atoms with Gasteiger partial charge in [0.2, 0.25) is 11.8 Å². The molecule has 2 heterocycles. The summed E-state index contributed by atoms with van der Waals surface area (Å²) < 4.78 is 35.2. The number of carbonyl (C=O) groups is 2. The number of benzene rings is 1. The van der Waals surface area contributed by atoms with Crippen LogP contribution in [0.2, 0.25) is 0 Å². The van der Waals surface area contributed by atoms with Crippen molar-refractivity contribution in [1.29, 1.82) is 0 Å². The quantitative estimate of drug-likeness (QED) is 0.491. The van der Waals surface area contributed by atoms with Crippen LogP contribution in [0.4, 0.5) is 5.69 Å². The molecule has 1 aromatic rings. The van der Waals surface area contributed by atoms with Crippen LogP contribution in [-0.4, -0.2) is 45.3 Å². The average molecular weight is 436 g/mol. The molecule has 0 radical (unpaired) electrons. The van der Waals surface area contributed by atoms with Crippen molar-refractivity contribution >= 4 is 33.5 Å². The Hall–Kier alpha value is -2.82. The molecule has 5 N–H and O–H groups in total. The number of hydrogen-bond acceptors (Lipinski definition) is 6.